The smallest absolute Gasteiger partial charge is 0.146 e. The molecule has 132 valence electrons. The van der Waals surface area contributed by atoms with Gasteiger partial charge in [-0.15, -0.1) is 0 Å². The fourth-order valence-electron chi connectivity index (χ4n) is 3.39. The lowest BCUT2D eigenvalue weighted by molar-refractivity contribution is -1.04. The third-order valence-electron chi connectivity index (χ3n) is 4.92. The number of hydrogen-bond donors (Lipinski definition) is 1. The summed E-state index contributed by atoms with van der Waals surface area (Å²) in [5.74, 6) is 6.63. The lowest BCUT2D eigenvalue weighted by atomic mass is 10.1. The normalized spacial score (nSPS) is 26.1. The van der Waals surface area contributed by atoms with Crippen LogP contribution in [0.1, 0.15) is 11.1 Å². The summed E-state index contributed by atoms with van der Waals surface area (Å²) in [5, 5.41) is 0. The van der Waals surface area contributed by atoms with Crippen LogP contribution in [0.2, 0.25) is 0 Å². The molecule has 0 radical (unpaired) electrons. The summed E-state index contributed by atoms with van der Waals surface area (Å²) in [6, 6.07) is 21.4. The van der Waals surface area contributed by atoms with Crippen molar-refractivity contribution in [2.75, 3.05) is 33.2 Å². The Balaban J connectivity index is 0.00000144. The standard InChI is InChI=1S/C19H27N3.2ClH/c1-21(16-18-8-4-2-5-9-18)12-14-22(20,15-13-21)17-19-10-6-3-7-11-19;;/h2-11H,12-17,20H2,1H3;2*1H/q+2;;/p-2. The molecule has 2 N–H and O–H groups in total. The Morgan fingerprint density at radius 1 is 0.708 bits per heavy atom. The van der Waals surface area contributed by atoms with Crippen molar-refractivity contribution in [3.63, 3.8) is 0 Å². The van der Waals surface area contributed by atoms with E-state index in [1.165, 1.54) is 11.1 Å². The van der Waals surface area contributed by atoms with Crippen molar-refractivity contribution in [1.82, 2.24) is 0 Å². The molecule has 2 aromatic rings. The van der Waals surface area contributed by atoms with Crippen LogP contribution in [0, 0.1) is 0 Å². The van der Waals surface area contributed by atoms with E-state index >= 15 is 0 Å². The number of halogens is 2. The van der Waals surface area contributed by atoms with Gasteiger partial charge < -0.3 is 29.3 Å². The molecular weight excluding hydrogens is 341 g/mol. The molecule has 3 rings (SSSR count). The van der Waals surface area contributed by atoms with Gasteiger partial charge in [-0.2, -0.15) is 5.84 Å². The Bertz CT molecular complexity index is 541. The first-order valence-corrected chi connectivity index (χ1v) is 8.13. The third kappa shape index (κ3) is 5.47. The van der Waals surface area contributed by atoms with E-state index in [4.69, 9.17) is 5.84 Å². The predicted octanol–water partition coefficient (Wildman–Crippen LogP) is -3.45. The van der Waals surface area contributed by atoms with E-state index in [1.54, 1.807) is 0 Å². The molecule has 0 aliphatic carbocycles. The first-order valence-electron chi connectivity index (χ1n) is 8.13. The highest BCUT2D eigenvalue weighted by atomic mass is 35.5. The van der Waals surface area contributed by atoms with Gasteiger partial charge in [-0.3, -0.25) is 0 Å². The lowest BCUT2D eigenvalue weighted by Crippen LogP contribution is -3.00. The molecule has 0 unspecified atom stereocenters. The Kier molecular flexibility index (Phi) is 7.71. The van der Waals surface area contributed by atoms with Gasteiger partial charge in [0.25, 0.3) is 0 Å². The average Bonchev–Trinajstić information content (AvgIpc) is 2.53. The molecule has 0 bridgehead atoms. The summed E-state index contributed by atoms with van der Waals surface area (Å²) < 4.78 is 1.77. The van der Waals surface area contributed by atoms with Crippen molar-refractivity contribution >= 4 is 0 Å². The van der Waals surface area contributed by atoms with Gasteiger partial charge in [0.1, 0.15) is 39.3 Å². The van der Waals surface area contributed by atoms with Gasteiger partial charge in [0, 0.05) is 11.1 Å². The largest absolute Gasteiger partial charge is 1.00 e. The van der Waals surface area contributed by atoms with Crippen LogP contribution in [0.5, 0.6) is 0 Å². The summed E-state index contributed by atoms with van der Waals surface area (Å²) in [5.41, 5.74) is 2.76. The minimum absolute atomic E-state index is 0. The third-order valence-corrected chi connectivity index (χ3v) is 4.92. The lowest BCUT2D eigenvalue weighted by Gasteiger charge is -2.45. The van der Waals surface area contributed by atoms with E-state index in [1.807, 2.05) is 0 Å². The highest BCUT2D eigenvalue weighted by Gasteiger charge is 2.38. The highest BCUT2D eigenvalue weighted by Crippen LogP contribution is 2.20. The molecule has 1 heterocycles. The first-order chi connectivity index (χ1) is 10.6. The van der Waals surface area contributed by atoms with Crippen LogP contribution in [0.15, 0.2) is 60.7 Å². The zero-order valence-electron chi connectivity index (χ0n) is 14.2. The summed E-state index contributed by atoms with van der Waals surface area (Å²) in [7, 11) is 2.36. The van der Waals surface area contributed by atoms with Gasteiger partial charge in [-0.25, -0.2) is 4.59 Å². The SMILES string of the molecule is C[N+]1(Cc2ccccc2)CC[N+](N)(Cc2ccccc2)CC1.[Cl-].[Cl-]. The zero-order chi connectivity index (χ0) is 15.5. The molecule has 0 saturated carbocycles. The number of likely N-dealkylation sites (N-methyl/N-ethyl adjacent to an activating group) is 1. The molecule has 0 aromatic heterocycles. The van der Waals surface area contributed by atoms with Crippen molar-refractivity contribution in [2.24, 2.45) is 5.84 Å². The molecule has 0 atom stereocenters. The maximum atomic E-state index is 6.63. The van der Waals surface area contributed by atoms with Crippen LogP contribution in [0.4, 0.5) is 0 Å². The first kappa shape index (κ1) is 20.9. The van der Waals surface area contributed by atoms with Crippen molar-refractivity contribution in [2.45, 2.75) is 13.1 Å². The second-order valence-corrected chi connectivity index (χ2v) is 7.02. The Morgan fingerprint density at radius 3 is 1.58 bits per heavy atom. The quantitative estimate of drug-likeness (QED) is 0.441. The van der Waals surface area contributed by atoms with E-state index in [2.05, 4.69) is 67.7 Å². The molecule has 1 aliphatic rings. The van der Waals surface area contributed by atoms with E-state index in [-0.39, 0.29) is 24.8 Å². The van der Waals surface area contributed by atoms with Gasteiger partial charge in [-0.05, 0) is 0 Å². The summed E-state index contributed by atoms with van der Waals surface area (Å²) in [6.45, 7) is 6.39. The number of hydrogen-bond acceptors (Lipinski definition) is 1. The molecule has 0 spiro atoms. The number of rotatable bonds is 4. The Morgan fingerprint density at radius 2 is 1.12 bits per heavy atom. The summed E-state index contributed by atoms with van der Waals surface area (Å²) >= 11 is 0. The summed E-state index contributed by atoms with van der Waals surface area (Å²) in [4.78, 5) is 0. The van der Waals surface area contributed by atoms with E-state index in [9.17, 15) is 0 Å². The van der Waals surface area contributed by atoms with Crippen LogP contribution in [0.3, 0.4) is 0 Å². The molecule has 5 heteroatoms. The monoisotopic (exact) mass is 367 g/mol. The van der Waals surface area contributed by atoms with Crippen molar-refractivity contribution in [3.8, 4) is 0 Å². The van der Waals surface area contributed by atoms with Gasteiger partial charge >= 0.3 is 0 Å². The fourth-order valence-corrected chi connectivity index (χ4v) is 3.39. The maximum absolute atomic E-state index is 6.63. The molecule has 1 fully saturated rings. The van der Waals surface area contributed by atoms with Crippen LogP contribution < -0.4 is 30.7 Å². The minimum atomic E-state index is 0. The van der Waals surface area contributed by atoms with Gasteiger partial charge in [0.05, 0.1) is 7.05 Å². The number of nitrogens with zero attached hydrogens (tertiary/aromatic N) is 2. The maximum Gasteiger partial charge on any atom is 0.146 e. The molecule has 2 aromatic carbocycles. The van der Waals surface area contributed by atoms with E-state index in [0.29, 0.717) is 4.59 Å². The molecular formula is C19H27Cl2N3. The average molecular weight is 368 g/mol. The molecule has 1 aliphatic heterocycles. The van der Waals surface area contributed by atoms with Crippen LogP contribution in [0.25, 0.3) is 0 Å². The molecule has 0 amide bonds. The zero-order valence-corrected chi connectivity index (χ0v) is 15.8. The number of piperazine rings is 1. The molecule has 1 saturated heterocycles. The predicted molar refractivity (Wildman–Crippen MR) is 90.4 cm³/mol. The van der Waals surface area contributed by atoms with Crippen LogP contribution in [-0.4, -0.2) is 42.3 Å². The second kappa shape index (κ2) is 8.84. The van der Waals surface area contributed by atoms with Gasteiger partial charge in [-0.1, -0.05) is 60.7 Å². The highest BCUT2D eigenvalue weighted by molar-refractivity contribution is 5.14. The van der Waals surface area contributed by atoms with Gasteiger partial charge in [0.2, 0.25) is 0 Å². The molecule has 24 heavy (non-hydrogen) atoms. The Hall–Kier alpha value is -1.10. The van der Waals surface area contributed by atoms with Gasteiger partial charge in [0.15, 0.2) is 0 Å². The van der Waals surface area contributed by atoms with Crippen LogP contribution in [-0.2, 0) is 13.1 Å². The minimum Gasteiger partial charge on any atom is -1.00 e. The fraction of sp³-hybridized carbons (Fsp3) is 0.368. The van der Waals surface area contributed by atoms with Crippen molar-refractivity contribution < 1.29 is 33.9 Å². The van der Waals surface area contributed by atoms with E-state index < -0.39 is 0 Å². The van der Waals surface area contributed by atoms with E-state index in [0.717, 1.165) is 43.8 Å². The van der Waals surface area contributed by atoms with Crippen LogP contribution >= 0.6 is 0 Å². The number of quaternary nitrogens is 2. The Labute approximate surface area is 158 Å². The number of benzene rings is 2. The van der Waals surface area contributed by atoms with Crippen molar-refractivity contribution in [1.29, 1.82) is 0 Å². The summed E-state index contributed by atoms with van der Waals surface area (Å²) in [6.07, 6.45) is 0. The topological polar surface area (TPSA) is 26.0 Å². The number of nitrogens with two attached hydrogens (primary N) is 1. The second-order valence-electron chi connectivity index (χ2n) is 7.02. The molecule has 3 nitrogen and oxygen atoms in total. The van der Waals surface area contributed by atoms with Crippen molar-refractivity contribution in [3.05, 3.63) is 71.8 Å².